The molecule has 1 amide bonds. The van der Waals surface area contributed by atoms with Gasteiger partial charge in [0.1, 0.15) is 11.5 Å². The summed E-state index contributed by atoms with van der Waals surface area (Å²) in [6, 6.07) is 28.1. The molecule has 1 aliphatic heterocycles. The van der Waals surface area contributed by atoms with Gasteiger partial charge in [-0.1, -0.05) is 54.6 Å². The molecule has 0 spiro atoms. The van der Waals surface area contributed by atoms with Gasteiger partial charge in [-0.2, -0.15) is 0 Å². The quantitative estimate of drug-likeness (QED) is 0.208. The molecule has 1 aromatic heterocycles. The Morgan fingerprint density at radius 2 is 1.60 bits per heavy atom. The second kappa shape index (κ2) is 9.60. The van der Waals surface area contributed by atoms with E-state index in [1.165, 1.54) is 7.11 Å². The van der Waals surface area contributed by atoms with E-state index in [2.05, 4.69) is 15.9 Å². The van der Waals surface area contributed by atoms with Crippen LogP contribution in [-0.4, -0.2) is 19.0 Å². The second-order valence-electron chi connectivity index (χ2n) is 7.86. The Balaban J connectivity index is 1.50. The van der Waals surface area contributed by atoms with Gasteiger partial charge in [0.25, 0.3) is 5.91 Å². The number of halogens is 1. The van der Waals surface area contributed by atoms with E-state index >= 15 is 0 Å². The molecule has 35 heavy (non-hydrogen) atoms. The van der Waals surface area contributed by atoms with E-state index in [9.17, 15) is 9.59 Å². The Hall–Kier alpha value is -4.16. The van der Waals surface area contributed by atoms with Gasteiger partial charge in [-0.3, -0.25) is 9.69 Å². The van der Waals surface area contributed by atoms with Crippen LogP contribution in [0.25, 0.3) is 23.1 Å². The van der Waals surface area contributed by atoms with Crippen molar-refractivity contribution in [2.75, 3.05) is 12.0 Å². The van der Waals surface area contributed by atoms with Crippen molar-refractivity contribution < 1.29 is 18.7 Å². The maximum Gasteiger partial charge on any atom is 0.337 e. The summed E-state index contributed by atoms with van der Waals surface area (Å²) in [6.45, 7) is 0. The zero-order valence-corrected chi connectivity index (χ0v) is 20.4. The number of amides is 1. The predicted octanol–water partition coefficient (Wildman–Crippen LogP) is 6.97. The maximum absolute atomic E-state index is 13.6. The Morgan fingerprint density at radius 3 is 2.31 bits per heavy atom. The fourth-order valence-electron chi connectivity index (χ4n) is 3.94. The van der Waals surface area contributed by atoms with Crippen molar-refractivity contribution in [2.24, 2.45) is 0 Å². The van der Waals surface area contributed by atoms with Crippen molar-refractivity contribution in [2.45, 2.75) is 0 Å². The van der Waals surface area contributed by atoms with Gasteiger partial charge in [-0.15, -0.1) is 0 Å². The van der Waals surface area contributed by atoms with Gasteiger partial charge in [0, 0.05) is 15.6 Å². The first-order chi connectivity index (χ1) is 17.0. The number of rotatable bonds is 5. The molecule has 0 radical (unpaired) electrons. The van der Waals surface area contributed by atoms with Crippen molar-refractivity contribution in [3.05, 3.63) is 124 Å². The largest absolute Gasteiger partial charge is 0.465 e. The van der Waals surface area contributed by atoms with Crippen LogP contribution >= 0.6 is 15.9 Å². The maximum atomic E-state index is 13.6. The van der Waals surface area contributed by atoms with E-state index in [1.54, 1.807) is 35.2 Å². The number of ether oxygens (including phenoxy) is 1. The smallest absolute Gasteiger partial charge is 0.337 e. The molecule has 0 saturated carbocycles. The summed E-state index contributed by atoms with van der Waals surface area (Å²) in [5.41, 5.74) is 4.29. The van der Waals surface area contributed by atoms with E-state index in [4.69, 9.17) is 9.15 Å². The standard InChI is InChI=1S/C29H20BrNO4/c1-34-29(33)21-13-11-20(12-14-21)27-16-15-23(35-27)17-22-18-26(19-7-3-2-4-8-19)31(28(22)32)25-10-6-5-9-24(25)30/h2-18H,1H3/b22-17+. The van der Waals surface area contributed by atoms with Crippen molar-refractivity contribution in [3.63, 3.8) is 0 Å². The van der Waals surface area contributed by atoms with Crippen LogP contribution in [0, 0.1) is 0 Å². The lowest BCUT2D eigenvalue weighted by molar-refractivity contribution is -0.113. The molecule has 0 fully saturated rings. The zero-order chi connectivity index (χ0) is 24.4. The van der Waals surface area contributed by atoms with Crippen LogP contribution in [0.2, 0.25) is 0 Å². The number of nitrogens with zero attached hydrogens (tertiary/aromatic N) is 1. The summed E-state index contributed by atoms with van der Waals surface area (Å²) in [4.78, 5) is 26.9. The second-order valence-corrected chi connectivity index (χ2v) is 8.71. The van der Waals surface area contributed by atoms with Crippen LogP contribution in [0.4, 0.5) is 5.69 Å². The highest BCUT2D eigenvalue weighted by atomic mass is 79.9. The molecule has 0 atom stereocenters. The van der Waals surface area contributed by atoms with E-state index in [1.807, 2.05) is 72.8 Å². The minimum Gasteiger partial charge on any atom is -0.465 e. The highest BCUT2D eigenvalue weighted by Gasteiger charge is 2.31. The fourth-order valence-corrected chi connectivity index (χ4v) is 4.40. The predicted molar refractivity (Wildman–Crippen MR) is 140 cm³/mol. The van der Waals surface area contributed by atoms with Gasteiger partial charge in [0.05, 0.1) is 24.1 Å². The number of benzene rings is 3. The molecule has 0 N–H and O–H groups in total. The number of carbonyl (C=O) groups excluding carboxylic acids is 2. The number of carbonyl (C=O) groups is 2. The molecule has 4 aromatic rings. The van der Waals surface area contributed by atoms with Gasteiger partial charge in [0.15, 0.2) is 0 Å². The molecule has 5 rings (SSSR count). The highest BCUT2D eigenvalue weighted by molar-refractivity contribution is 9.10. The van der Waals surface area contributed by atoms with Crippen molar-refractivity contribution in [1.29, 1.82) is 0 Å². The lowest BCUT2D eigenvalue weighted by Gasteiger charge is -2.22. The number of anilines is 1. The minimum absolute atomic E-state index is 0.142. The van der Waals surface area contributed by atoms with E-state index in [-0.39, 0.29) is 5.91 Å². The Kier molecular flexibility index (Phi) is 6.21. The molecule has 2 heterocycles. The van der Waals surface area contributed by atoms with Gasteiger partial charge in [-0.25, -0.2) is 4.79 Å². The molecule has 1 aliphatic rings. The van der Waals surface area contributed by atoms with Crippen LogP contribution in [-0.2, 0) is 9.53 Å². The average molecular weight is 526 g/mol. The van der Waals surface area contributed by atoms with Crippen LogP contribution in [0.3, 0.4) is 0 Å². The summed E-state index contributed by atoms with van der Waals surface area (Å²) in [7, 11) is 1.35. The van der Waals surface area contributed by atoms with Crippen LogP contribution in [0.15, 0.2) is 112 Å². The first kappa shape index (κ1) is 22.6. The SMILES string of the molecule is COC(=O)c1ccc(-c2ccc(/C=C3\C=C(c4ccccc4)N(c4ccccc4Br)C3=O)o2)cc1. The number of para-hydroxylation sites is 1. The van der Waals surface area contributed by atoms with Gasteiger partial charge in [0.2, 0.25) is 0 Å². The molecular formula is C29H20BrNO4. The molecule has 0 aliphatic carbocycles. The Bertz CT molecular complexity index is 1470. The molecule has 3 aromatic carbocycles. The first-order valence-electron chi connectivity index (χ1n) is 10.9. The molecule has 0 saturated heterocycles. The minimum atomic E-state index is -0.392. The third-order valence-electron chi connectivity index (χ3n) is 5.66. The summed E-state index contributed by atoms with van der Waals surface area (Å²) in [5.74, 6) is 0.652. The fraction of sp³-hybridized carbons (Fsp3) is 0.0345. The number of hydrogen-bond acceptors (Lipinski definition) is 4. The lowest BCUT2D eigenvalue weighted by atomic mass is 10.1. The third kappa shape index (κ3) is 4.48. The lowest BCUT2D eigenvalue weighted by Crippen LogP contribution is -2.25. The van der Waals surface area contributed by atoms with Gasteiger partial charge >= 0.3 is 5.97 Å². The van der Waals surface area contributed by atoms with Crippen molar-refractivity contribution in [1.82, 2.24) is 0 Å². The monoisotopic (exact) mass is 525 g/mol. The van der Waals surface area contributed by atoms with Gasteiger partial charge < -0.3 is 9.15 Å². The summed E-state index contributed by atoms with van der Waals surface area (Å²) in [6.07, 6.45) is 3.62. The summed E-state index contributed by atoms with van der Waals surface area (Å²) >= 11 is 3.58. The third-order valence-corrected chi connectivity index (χ3v) is 6.33. The van der Waals surface area contributed by atoms with Gasteiger partial charge in [-0.05, 0) is 70.0 Å². The number of methoxy groups -OCH3 is 1. The average Bonchev–Trinajstić information content (AvgIpc) is 3.49. The number of esters is 1. The Labute approximate surface area is 211 Å². The summed E-state index contributed by atoms with van der Waals surface area (Å²) in [5, 5.41) is 0. The van der Waals surface area contributed by atoms with Crippen LogP contribution in [0.5, 0.6) is 0 Å². The van der Waals surface area contributed by atoms with E-state index in [0.29, 0.717) is 22.7 Å². The first-order valence-corrected chi connectivity index (χ1v) is 11.7. The van der Waals surface area contributed by atoms with E-state index < -0.39 is 5.97 Å². The molecule has 6 heteroatoms. The topological polar surface area (TPSA) is 59.8 Å². The molecule has 0 unspecified atom stereocenters. The Morgan fingerprint density at radius 1 is 0.886 bits per heavy atom. The molecular weight excluding hydrogens is 506 g/mol. The molecule has 5 nitrogen and oxygen atoms in total. The van der Waals surface area contributed by atoms with Crippen molar-refractivity contribution >= 4 is 45.3 Å². The highest BCUT2D eigenvalue weighted by Crippen LogP contribution is 2.38. The van der Waals surface area contributed by atoms with Crippen LogP contribution < -0.4 is 4.90 Å². The normalized spacial score (nSPS) is 14.3. The van der Waals surface area contributed by atoms with Crippen molar-refractivity contribution in [3.8, 4) is 11.3 Å². The molecule has 0 bridgehead atoms. The molecule has 172 valence electrons. The van der Waals surface area contributed by atoms with E-state index in [0.717, 1.165) is 27.0 Å². The number of hydrogen-bond donors (Lipinski definition) is 0. The summed E-state index contributed by atoms with van der Waals surface area (Å²) < 4.78 is 11.6. The number of furan rings is 1. The van der Waals surface area contributed by atoms with Crippen LogP contribution in [0.1, 0.15) is 21.7 Å². The zero-order valence-electron chi connectivity index (χ0n) is 18.8.